The van der Waals surface area contributed by atoms with Crippen molar-refractivity contribution in [2.75, 3.05) is 18.0 Å². The zero-order chi connectivity index (χ0) is 13.1. The second-order valence-corrected chi connectivity index (χ2v) is 5.74. The largest absolute Gasteiger partial charge is 0.384 e. The molecular formula is C14H20BrN3. The van der Waals surface area contributed by atoms with Gasteiger partial charge in [-0.15, -0.1) is 0 Å². The minimum Gasteiger partial charge on any atom is -0.384 e. The van der Waals surface area contributed by atoms with Crippen LogP contribution in [0.1, 0.15) is 31.7 Å². The van der Waals surface area contributed by atoms with Crippen molar-refractivity contribution in [1.82, 2.24) is 0 Å². The van der Waals surface area contributed by atoms with Crippen molar-refractivity contribution in [3.63, 3.8) is 0 Å². The molecular weight excluding hydrogens is 290 g/mol. The molecule has 2 rings (SSSR count). The number of rotatable bonds is 3. The fourth-order valence-corrected chi connectivity index (χ4v) is 3.19. The molecule has 0 aromatic heterocycles. The second-order valence-electron chi connectivity index (χ2n) is 4.89. The number of nitrogen functional groups attached to an aromatic ring is 1. The molecule has 0 saturated carbocycles. The number of halogens is 1. The fourth-order valence-electron chi connectivity index (χ4n) is 2.63. The summed E-state index contributed by atoms with van der Waals surface area (Å²) in [6.07, 6.45) is 3.74. The zero-order valence-electron chi connectivity index (χ0n) is 10.7. The maximum absolute atomic E-state index is 7.73. The average Bonchev–Trinajstić information content (AvgIpc) is 2.38. The van der Waals surface area contributed by atoms with E-state index in [1.54, 1.807) is 0 Å². The van der Waals surface area contributed by atoms with Crippen molar-refractivity contribution in [1.29, 1.82) is 5.41 Å². The lowest BCUT2D eigenvalue weighted by Gasteiger charge is -2.34. The van der Waals surface area contributed by atoms with E-state index in [9.17, 15) is 0 Å². The maximum Gasteiger partial charge on any atom is 0.126 e. The van der Waals surface area contributed by atoms with E-state index in [0.29, 0.717) is 0 Å². The van der Waals surface area contributed by atoms with Crippen molar-refractivity contribution in [3.05, 3.63) is 28.2 Å². The molecule has 4 heteroatoms. The summed E-state index contributed by atoms with van der Waals surface area (Å²) in [5.74, 6) is 0.990. The number of hydrogen-bond donors (Lipinski definition) is 2. The van der Waals surface area contributed by atoms with Crippen molar-refractivity contribution < 1.29 is 0 Å². The molecule has 1 aromatic rings. The Hall–Kier alpha value is -1.03. The van der Waals surface area contributed by atoms with Crippen LogP contribution in [-0.2, 0) is 0 Å². The lowest BCUT2D eigenvalue weighted by molar-refractivity contribution is 0.395. The molecule has 1 saturated heterocycles. The summed E-state index contributed by atoms with van der Waals surface area (Å²) in [6, 6.07) is 6.02. The first-order valence-electron chi connectivity index (χ1n) is 6.51. The molecule has 1 aliphatic heterocycles. The predicted molar refractivity (Wildman–Crippen MR) is 80.4 cm³/mol. The summed E-state index contributed by atoms with van der Waals surface area (Å²) < 4.78 is 0.908. The molecule has 3 nitrogen and oxygen atoms in total. The molecule has 0 bridgehead atoms. The lowest BCUT2D eigenvalue weighted by atomic mass is 9.93. The van der Waals surface area contributed by atoms with Crippen LogP contribution in [-0.4, -0.2) is 18.9 Å². The van der Waals surface area contributed by atoms with E-state index >= 15 is 0 Å². The van der Waals surface area contributed by atoms with Crippen LogP contribution in [0.2, 0.25) is 0 Å². The summed E-state index contributed by atoms with van der Waals surface area (Å²) >= 11 is 3.49. The van der Waals surface area contributed by atoms with E-state index in [1.165, 1.54) is 19.3 Å². The predicted octanol–water partition coefficient (Wildman–Crippen LogP) is 3.36. The van der Waals surface area contributed by atoms with Gasteiger partial charge in [-0.2, -0.15) is 0 Å². The fraction of sp³-hybridized carbons (Fsp3) is 0.500. The van der Waals surface area contributed by atoms with Gasteiger partial charge in [0.1, 0.15) is 5.84 Å². The summed E-state index contributed by atoms with van der Waals surface area (Å²) in [4.78, 5) is 2.35. The Bertz CT molecular complexity index is 437. The third kappa shape index (κ3) is 2.69. The Morgan fingerprint density at radius 2 is 2.11 bits per heavy atom. The molecule has 1 fully saturated rings. The van der Waals surface area contributed by atoms with Gasteiger partial charge in [-0.3, -0.25) is 5.41 Å². The summed E-state index contributed by atoms with van der Waals surface area (Å²) in [5.41, 5.74) is 7.62. The van der Waals surface area contributed by atoms with Gasteiger partial charge in [0, 0.05) is 23.2 Å². The second kappa shape index (κ2) is 5.74. The average molecular weight is 310 g/mol. The van der Waals surface area contributed by atoms with Gasteiger partial charge >= 0.3 is 0 Å². The van der Waals surface area contributed by atoms with Crippen LogP contribution in [0.5, 0.6) is 0 Å². The van der Waals surface area contributed by atoms with E-state index in [1.807, 2.05) is 12.1 Å². The molecule has 98 valence electrons. The van der Waals surface area contributed by atoms with Gasteiger partial charge in [0.25, 0.3) is 0 Å². The summed E-state index contributed by atoms with van der Waals surface area (Å²) in [7, 11) is 0. The molecule has 1 heterocycles. The zero-order valence-corrected chi connectivity index (χ0v) is 12.3. The SMILES string of the molecule is CCC1CCN(c2cccc(Br)c2C(=N)N)CC1. The third-order valence-electron chi connectivity index (χ3n) is 3.79. The van der Waals surface area contributed by atoms with Crippen LogP contribution in [0.4, 0.5) is 5.69 Å². The van der Waals surface area contributed by atoms with Gasteiger partial charge in [0.05, 0.1) is 5.56 Å². The molecule has 0 spiro atoms. The number of nitrogens with one attached hydrogen (secondary N) is 1. The van der Waals surface area contributed by atoms with Crippen LogP contribution < -0.4 is 10.6 Å². The quantitative estimate of drug-likeness (QED) is 0.664. The first kappa shape index (κ1) is 13.4. The van der Waals surface area contributed by atoms with E-state index in [0.717, 1.165) is 34.7 Å². The highest BCUT2D eigenvalue weighted by molar-refractivity contribution is 9.10. The monoisotopic (exact) mass is 309 g/mol. The number of anilines is 1. The number of nitrogens with zero attached hydrogens (tertiary/aromatic N) is 1. The highest BCUT2D eigenvalue weighted by Crippen LogP contribution is 2.31. The number of amidine groups is 1. The van der Waals surface area contributed by atoms with Gasteiger partial charge in [-0.05, 0) is 46.8 Å². The van der Waals surface area contributed by atoms with Gasteiger partial charge in [-0.1, -0.05) is 19.4 Å². The smallest absolute Gasteiger partial charge is 0.126 e. The molecule has 1 aliphatic rings. The highest BCUT2D eigenvalue weighted by atomic mass is 79.9. The molecule has 0 atom stereocenters. The number of nitrogens with two attached hydrogens (primary N) is 1. The van der Waals surface area contributed by atoms with Crippen molar-refractivity contribution in [2.45, 2.75) is 26.2 Å². The molecule has 18 heavy (non-hydrogen) atoms. The number of piperidine rings is 1. The summed E-state index contributed by atoms with van der Waals surface area (Å²) in [5, 5.41) is 7.73. The topological polar surface area (TPSA) is 53.1 Å². The van der Waals surface area contributed by atoms with Crippen LogP contribution in [0.15, 0.2) is 22.7 Å². The van der Waals surface area contributed by atoms with Crippen LogP contribution in [0.25, 0.3) is 0 Å². The Morgan fingerprint density at radius 1 is 1.44 bits per heavy atom. The Morgan fingerprint density at radius 3 is 2.67 bits per heavy atom. The van der Waals surface area contributed by atoms with Gasteiger partial charge in [0.15, 0.2) is 0 Å². The first-order valence-corrected chi connectivity index (χ1v) is 7.30. The summed E-state index contributed by atoms with van der Waals surface area (Å²) in [6.45, 7) is 4.39. The molecule has 0 radical (unpaired) electrons. The van der Waals surface area contributed by atoms with Crippen LogP contribution >= 0.6 is 15.9 Å². The van der Waals surface area contributed by atoms with E-state index < -0.39 is 0 Å². The normalized spacial score (nSPS) is 16.9. The third-order valence-corrected chi connectivity index (χ3v) is 4.45. The Balaban J connectivity index is 2.24. The number of hydrogen-bond acceptors (Lipinski definition) is 2. The molecule has 0 aliphatic carbocycles. The van der Waals surface area contributed by atoms with E-state index in [-0.39, 0.29) is 5.84 Å². The standard InChI is InChI=1S/C14H20BrN3/c1-2-10-6-8-18(9-7-10)12-5-3-4-11(15)13(12)14(16)17/h3-5,10H,2,6-9H2,1H3,(H3,16,17). The highest BCUT2D eigenvalue weighted by Gasteiger charge is 2.21. The van der Waals surface area contributed by atoms with Crippen LogP contribution in [0.3, 0.4) is 0 Å². The van der Waals surface area contributed by atoms with Gasteiger partial charge < -0.3 is 10.6 Å². The first-order chi connectivity index (χ1) is 8.63. The maximum atomic E-state index is 7.73. The Kier molecular flexibility index (Phi) is 4.27. The van der Waals surface area contributed by atoms with E-state index in [2.05, 4.69) is 33.8 Å². The molecule has 3 N–H and O–H groups in total. The van der Waals surface area contributed by atoms with Crippen molar-refractivity contribution >= 4 is 27.5 Å². The Labute approximate surface area is 117 Å². The molecule has 1 aromatic carbocycles. The van der Waals surface area contributed by atoms with Gasteiger partial charge in [0.2, 0.25) is 0 Å². The van der Waals surface area contributed by atoms with Crippen LogP contribution in [0, 0.1) is 11.3 Å². The lowest BCUT2D eigenvalue weighted by Crippen LogP contribution is -2.35. The van der Waals surface area contributed by atoms with Crippen molar-refractivity contribution in [2.24, 2.45) is 11.7 Å². The minimum atomic E-state index is 0.134. The minimum absolute atomic E-state index is 0.134. The number of benzene rings is 1. The van der Waals surface area contributed by atoms with Crippen molar-refractivity contribution in [3.8, 4) is 0 Å². The molecule has 0 amide bonds. The molecule has 0 unspecified atom stereocenters. The van der Waals surface area contributed by atoms with Gasteiger partial charge in [-0.25, -0.2) is 0 Å². The van der Waals surface area contributed by atoms with E-state index in [4.69, 9.17) is 11.1 Å².